The summed E-state index contributed by atoms with van der Waals surface area (Å²) in [5.41, 5.74) is 2.09. The van der Waals surface area contributed by atoms with Gasteiger partial charge in [0, 0.05) is 31.9 Å². The van der Waals surface area contributed by atoms with Crippen LogP contribution in [0, 0.1) is 11.3 Å². The average molecular weight is 342 g/mol. The van der Waals surface area contributed by atoms with Crippen molar-refractivity contribution in [2.75, 3.05) is 25.0 Å². The second-order valence-corrected chi connectivity index (χ2v) is 7.61. The van der Waals surface area contributed by atoms with E-state index in [0.29, 0.717) is 25.0 Å². The molecule has 1 saturated heterocycles. The van der Waals surface area contributed by atoms with Crippen molar-refractivity contribution < 1.29 is 9.59 Å². The fraction of sp³-hybridized carbons (Fsp3) is 0.579. The molecule has 0 radical (unpaired) electrons. The molecule has 0 atom stereocenters. The molecule has 3 N–H and O–H groups in total. The van der Waals surface area contributed by atoms with E-state index in [9.17, 15) is 9.59 Å². The summed E-state index contributed by atoms with van der Waals surface area (Å²) in [6.45, 7) is 2.66. The number of hydrogen-bond acceptors (Lipinski definition) is 2. The van der Waals surface area contributed by atoms with Crippen LogP contribution in [0.3, 0.4) is 0 Å². The Hall–Kier alpha value is -2.24. The van der Waals surface area contributed by atoms with Crippen molar-refractivity contribution in [1.82, 2.24) is 15.5 Å². The number of benzene rings is 1. The molecule has 0 spiro atoms. The third kappa shape index (κ3) is 3.43. The van der Waals surface area contributed by atoms with Crippen LogP contribution in [0.4, 0.5) is 15.3 Å². The maximum atomic E-state index is 12.4. The molecule has 4 amide bonds. The van der Waals surface area contributed by atoms with Crippen LogP contribution in [0.25, 0.3) is 0 Å². The van der Waals surface area contributed by atoms with E-state index < -0.39 is 0 Å². The van der Waals surface area contributed by atoms with Gasteiger partial charge in [0.15, 0.2) is 0 Å². The van der Waals surface area contributed by atoms with Crippen LogP contribution in [0.15, 0.2) is 24.3 Å². The van der Waals surface area contributed by atoms with Gasteiger partial charge in [-0.25, -0.2) is 9.59 Å². The summed E-state index contributed by atoms with van der Waals surface area (Å²) in [7, 11) is 0. The Kier molecular flexibility index (Phi) is 4.27. The van der Waals surface area contributed by atoms with E-state index in [0.717, 1.165) is 23.7 Å². The molecule has 25 heavy (non-hydrogen) atoms. The van der Waals surface area contributed by atoms with Gasteiger partial charge in [0.25, 0.3) is 0 Å². The summed E-state index contributed by atoms with van der Waals surface area (Å²) < 4.78 is 0. The van der Waals surface area contributed by atoms with Gasteiger partial charge in [0.2, 0.25) is 0 Å². The Morgan fingerprint density at radius 2 is 2.08 bits per heavy atom. The fourth-order valence-electron chi connectivity index (χ4n) is 4.13. The Labute approximate surface area is 148 Å². The first-order valence-electron chi connectivity index (χ1n) is 9.32. The Balaban J connectivity index is 1.35. The maximum absolute atomic E-state index is 12.4. The van der Waals surface area contributed by atoms with Crippen LogP contribution >= 0.6 is 0 Å². The summed E-state index contributed by atoms with van der Waals surface area (Å²) in [5, 5.41) is 8.86. The summed E-state index contributed by atoms with van der Waals surface area (Å²) in [6, 6.07) is 7.49. The van der Waals surface area contributed by atoms with Crippen molar-refractivity contribution in [2.45, 2.75) is 38.6 Å². The molecule has 6 heteroatoms. The van der Waals surface area contributed by atoms with Gasteiger partial charge in [0.1, 0.15) is 0 Å². The van der Waals surface area contributed by atoms with E-state index in [2.05, 4.69) is 16.0 Å². The highest BCUT2D eigenvalue weighted by atomic mass is 16.2. The van der Waals surface area contributed by atoms with Crippen molar-refractivity contribution in [1.29, 1.82) is 0 Å². The van der Waals surface area contributed by atoms with Crippen LogP contribution in [-0.2, 0) is 6.54 Å². The molecular formula is C19H26N4O2. The summed E-state index contributed by atoms with van der Waals surface area (Å²) in [6.07, 6.45) is 6.44. The summed E-state index contributed by atoms with van der Waals surface area (Å²) in [4.78, 5) is 25.9. The zero-order valence-corrected chi connectivity index (χ0v) is 14.5. The average Bonchev–Trinajstić information content (AvgIpc) is 3.33. The molecule has 2 saturated carbocycles. The van der Waals surface area contributed by atoms with Crippen LogP contribution < -0.4 is 16.0 Å². The van der Waals surface area contributed by atoms with Crippen molar-refractivity contribution in [3.8, 4) is 0 Å². The molecule has 2 aliphatic carbocycles. The molecule has 0 unspecified atom stereocenters. The predicted octanol–water partition coefficient (Wildman–Crippen LogP) is 2.91. The lowest BCUT2D eigenvalue weighted by Gasteiger charge is -2.42. The molecule has 6 nitrogen and oxygen atoms in total. The SMILES string of the molecule is O=C(NCC1(C2CC2)CCC1)Nc1ccccc1CN1CCNC1=O. The van der Waals surface area contributed by atoms with E-state index in [4.69, 9.17) is 0 Å². The number of anilines is 1. The maximum Gasteiger partial charge on any atom is 0.319 e. The lowest BCUT2D eigenvalue weighted by molar-refractivity contribution is 0.103. The number of rotatable bonds is 6. The van der Waals surface area contributed by atoms with Crippen LogP contribution in [0.2, 0.25) is 0 Å². The Bertz CT molecular complexity index is 667. The molecule has 1 aromatic carbocycles. The molecule has 4 rings (SSSR count). The second kappa shape index (κ2) is 6.58. The van der Waals surface area contributed by atoms with Crippen LogP contribution in [0.1, 0.15) is 37.7 Å². The molecule has 1 heterocycles. The van der Waals surface area contributed by atoms with Crippen molar-refractivity contribution in [3.05, 3.63) is 29.8 Å². The predicted molar refractivity (Wildman–Crippen MR) is 96.3 cm³/mol. The minimum Gasteiger partial charge on any atom is -0.337 e. The molecular weight excluding hydrogens is 316 g/mol. The number of carbonyl (C=O) groups excluding carboxylic acids is 2. The molecule has 0 bridgehead atoms. The second-order valence-electron chi connectivity index (χ2n) is 7.61. The van der Waals surface area contributed by atoms with Crippen molar-refractivity contribution in [3.63, 3.8) is 0 Å². The number of para-hydroxylation sites is 1. The lowest BCUT2D eigenvalue weighted by atomic mass is 9.65. The highest BCUT2D eigenvalue weighted by Gasteiger charge is 2.48. The molecule has 134 valence electrons. The van der Waals surface area contributed by atoms with Gasteiger partial charge in [-0.1, -0.05) is 24.6 Å². The number of nitrogens with zero attached hydrogens (tertiary/aromatic N) is 1. The number of amides is 4. The van der Waals surface area contributed by atoms with E-state index >= 15 is 0 Å². The van der Waals surface area contributed by atoms with Gasteiger partial charge in [-0.3, -0.25) is 0 Å². The van der Waals surface area contributed by atoms with Crippen LogP contribution in [-0.4, -0.2) is 36.6 Å². The summed E-state index contributed by atoms with van der Waals surface area (Å²) >= 11 is 0. The molecule has 3 fully saturated rings. The van der Waals surface area contributed by atoms with E-state index in [1.54, 1.807) is 4.90 Å². The zero-order chi connectivity index (χ0) is 17.3. The quantitative estimate of drug-likeness (QED) is 0.744. The van der Waals surface area contributed by atoms with Gasteiger partial charge in [0.05, 0.1) is 0 Å². The van der Waals surface area contributed by atoms with Gasteiger partial charge in [-0.05, 0) is 48.6 Å². The van der Waals surface area contributed by atoms with Gasteiger partial charge in [-0.15, -0.1) is 0 Å². The first-order chi connectivity index (χ1) is 12.2. The number of carbonyl (C=O) groups is 2. The molecule has 1 aliphatic heterocycles. The number of urea groups is 2. The van der Waals surface area contributed by atoms with E-state index in [1.165, 1.54) is 32.1 Å². The third-order valence-electron chi connectivity index (χ3n) is 5.97. The van der Waals surface area contributed by atoms with E-state index in [-0.39, 0.29) is 12.1 Å². The number of nitrogens with one attached hydrogen (secondary N) is 3. The van der Waals surface area contributed by atoms with Gasteiger partial charge >= 0.3 is 12.1 Å². The topological polar surface area (TPSA) is 73.5 Å². The highest BCUT2D eigenvalue weighted by molar-refractivity contribution is 5.90. The smallest absolute Gasteiger partial charge is 0.319 e. The Morgan fingerprint density at radius 3 is 2.72 bits per heavy atom. The fourth-order valence-corrected chi connectivity index (χ4v) is 4.13. The first-order valence-corrected chi connectivity index (χ1v) is 9.32. The monoisotopic (exact) mass is 342 g/mol. The zero-order valence-electron chi connectivity index (χ0n) is 14.5. The molecule has 3 aliphatic rings. The molecule has 0 aromatic heterocycles. The van der Waals surface area contributed by atoms with E-state index in [1.807, 2.05) is 24.3 Å². The number of hydrogen-bond donors (Lipinski definition) is 3. The lowest BCUT2D eigenvalue weighted by Crippen LogP contribution is -2.45. The van der Waals surface area contributed by atoms with Crippen molar-refractivity contribution >= 4 is 17.7 Å². The summed E-state index contributed by atoms with van der Waals surface area (Å²) in [5.74, 6) is 0.822. The highest BCUT2D eigenvalue weighted by Crippen LogP contribution is 2.56. The largest absolute Gasteiger partial charge is 0.337 e. The van der Waals surface area contributed by atoms with Gasteiger partial charge in [-0.2, -0.15) is 0 Å². The normalized spacial score (nSPS) is 21.4. The van der Waals surface area contributed by atoms with Crippen LogP contribution in [0.5, 0.6) is 0 Å². The standard InChI is InChI=1S/C19H26N4O2/c24-17(21-13-19(8-3-9-19)15-6-7-15)22-16-5-2-1-4-14(16)12-23-11-10-20-18(23)25/h1-2,4-5,15H,3,6-13H2,(H,20,25)(H2,21,22,24). The minimum atomic E-state index is -0.148. The third-order valence-corrected chi connectivity index (χ3v) is 5.97. The Morgan fingerprint density at radius 1 is 1.28 bits per heavy atom. The minimum absolute atomic E-state index is 0.0457. The van der Waals surface area contributed by atoms with Gasteiger partial charge < -0.3 is 20.9 Å². The molecule has 1 aromatic rings. The first kappa shape index (κ1) is 16.2. The van der Waals surface area contributed by atoms with Crippen molar-refractivity contribution in [2.24, 2.45) is 11.3 Å².